The second kappa shape index (κ2) is 6.56. The number of alkyl halides is 3. The third kappa shape index (κ3) is 2.84. The average molecular weight is 425 g/mol. The van der Waals surface area contributed by atoms with Crippen LogP contribution in [0.5, 0.6) is 0 Å². The van der Waals surface area contributed by atoms with Gasteiger partial charge >= 0.3 is 12.1 Å². The molecule has 1 aliphatic heterocycles. The summed E-state index contributed by atoms with van der Waals surface area (Å²) in [5.74, 6) is -0.596. The third-order valence-corrected chi connectivity index (χ3v) is 5.30. The Morgan fingerprint density at radius 1 is 1.03 bits per heavy atom. The number of esters is 1. The fourth-order valence-electron chi connectivity index (χ4n) is 3.95. The minimum atomic E-state index is -4.78. The van der Waals surface area contributed by atoms with E-state index in [1.807, 2.05) is 0 Å². The van der Waals surface area contributed by atoms with E-state index in [9.17, 15) is 22.8 Å². The van der Waals surface area contributed by atoms with E-state index in [-0.39, 0.29) is 28.0 Å². The summed E-state index contributed by atoms with van der Waals surface area (Å²) < 4.78 is 47.5. The number of H-pyrrole nitrogens is 1. The Bertz CT molecular complexity index is 1400. The van der Waals surface area contributed by atoms with Crippen LogP contribution in [0, 0.1) is 6.92 Å². The van der Waals surface area contributed by atoms with Crippen molar-refractivity contribution < 1.29 is 22.7 Å². The number of aryl methyl sites for hydroxylation is 1. The molecule has 0 bridgehead atoms. The van der Waals surface area contributed by atoms with Gasteiger partial charge in [0.25, 0.3) is 5.56 Å². The Hall–Kier alpha value is -3.88. The van der Waals surface area contributed by atoms with Gasteiger partial charge in [0.15, 0.2) is 11.8 Å². The molecule has 2 aromatic heterocycles. The van der Waals surface area contributed by atoms with Crippen molar-refractivity contribution in [1.82, 2.24) is 14.6 Å². The van der Waals surface area contributed by atoms with Crippen molar-refractivity contribution >= 4 is 11.6 Å². The number of cyclic esters (lactones) is 1. The van der Waals surface area contributed by atoms with Gasteiger partial charge in [0, 0.05) is 11.3 Å². The summed E-state index contributed by atoms with van der Waals surface area (Å²) in [7, 11) is 0. The first kappa shape index (κ1) is 19.1. The zero-order valence-electron chi connectivity index (χ0n) is 16.0. The molecule has 1 aliphatic rings. The summed E-state index contributed by atoms with van der Waals surface area (Å²) in [6.45, 7) is 1.56. The molecule has 1 N–H and O–H groups in total. The van der Waals surface area contributed by atoms with Crippen LogP contribution >= 0.6 is 0 Å². The molecular weight excluding hydrogens is 411 g/mol. The van der Waals surface area contributed by atoms with E-state index in [1.165, 1.54) is 12.1 Å². The van der Waals surface area contributed by atoms with Crippen LogP contribution in [-0.2, 0) is 10.9 Å². The van der Waals surface area contributed by atoms with Gasteiger partial charge in [-0.3, -0.25) is 4.79 Å². The fraction of sp³-hybridized carbons (Fsp3) is 0.136. The SMILES string of the molecule is Cc1[nH]c2c(-c3ccccc3)c(C(F)(F)F)nn2c(=O)c1C1OC(=O)c2ccccc21. The molecule has 0 aliphatic carbocycles. The molecule has 6 nitrogen and oxygen atoms in total. The van der Waals surface area contributed by atoms with Gasteiger partial charge in [0.05, 0.1) is 16.7 Å². The van der Waals surface area contributed by atoms with Crippen LogP contribution in [0.4, 0.5) is 13.2 Å². The molecule has 4 aromatic rings. The topological polar surface area (TPSA) is 76.5 Å². The van der Waals surface area contributed by atoms with Crippen LogP contribution in [-0.4, -0.2) is 20.6 Å². The lowest BCUT2D eigenvalue weighted by Gasteiger charge is -2.14. The van der Waals surface area contributed by atoms with Crippen molar-refractivity contribution in [1.29, 1.82) is 0 Å². The molecule has 9 heteroatoms. The number of nitrogens with one attached hydrogen (secondary N) is 1. The molecule has 0 saturated carbocycles. The van der Waals surface area contributed by atoms with Gasteiger partial charge in [-0.05, 0) is 18.6 Å². The maximum atomic E-state index is 13.8. The average Bonchev–Trinajstić information content (AvgIpc) is 3.28. The van der Waals surface area contributed by atoms with Gasteiger partial charge < -0.3 is 9.72 Å². The number of aromatic nitrogens is 3. The molecule has 0 saturated heterocycles. The lowest BCUT2D eigenvalue weighted by molar-refractivity contribution is -0.140. The number of carbonyl (C=O) groups excluding carboxylic acids is 1. The number of rotatable bonds is 2. The van der Waals surface area contributed by atoms with E-state index in [0.29, 0.717) is 15.6 Å². The third-order valence-electron chi connectivity index (χ3n) is 5.30. The van der Waals surface area contributed by atoms with Gasteiger partial charge in [-0.1, -0.05) is 48.5 Å². The zero-order chi connectivity index (χ0) is 21.9. The predicted molar refractivity (Wildman–Crippen MR) is 105 cm³/mol. The summed E-state index contributed by atoms with van der Waals surface area (Å²) in [5.41, 5.74) is -0.878. The molecule has 156 valence electrons. The number of carbonyl (C=O) groups is 1. The van der Waals surface area contributed by atoms with Crippen LogP contribution in [0.2, 0.25) is 0 Å². The highest BCUT2D eigenvalue weighted by molar-refractivity contribution is 5.94. The molecule has 1 unspecified atom stereocenters. The zero-order valence-corrected chi connectivity index (χ0v) is 16.0. The van der Waals surface area contributed by atoms with E-state index >= 15 is 0 Å². The number of ether oxygens (including phenoxy) is 1. The largest absolute Gasteiger partial charge is 0.449 e. The van der Waals surface area contributed by atoms with Gasteiger partial charge in [0.1, 0.15) is 5.65 Å². The number of hydrogen-bond donors (Lipinski definition) is 1. The molecule has 1 atom stereocenters. The molecule has 3 heterocycles. The minimum absolute atomic E-state index is 0.0293. The fourth-order valence-corrected chi connectivity index (χ4v) is 3.95. The molecule has 31 heavy (non-hydrogen) atoms. The number of benzene rings is 2. The van der Waals surface area contributed by atoms with E-state index < -0.39 is 29.5 Å². The van der Waals surface area contributed by atoms with Crippen LogP contribution in [0.1, 0.15) is 39.0 Å². The maximum Gasteiger partial charge on any atom is 0.435 e. The van der Waals surface area contributed by atoms with Crippen LogP contribution in [0.25, 0.3) is 16.8 Å². The molecule has 0 fully saturated rings. The molecule has 0 radical (unpaired) electrons. The Morgan fingerprint density at radius 2 is 1.71 bits per heavy atom. The molecule has 5 rings (SSSR count). The summed E-state index contributed by atoms with van der Waals surface area (Å²) in [5, 5.41) is 3.62. The van der Waals surface area contributed by atoms with Crippen molar-refractivity contribution in [2.45, 2.75) is 19.2 Å². The molecular formula is C22H14F3N3O3. The number of halogens is 3. The van der Waals surface area contributed by atoms with Crippen LogP contribution in [0.3, 0.4) is 0 Å². The standard InChI is InChI=1S/C22H14F3N3O3/c1-11-15(17-13-9-5-6-10-14(13)21(30)31-17)20(29)28-19(26-11)16(12-7-3-2-4-8-12)18(27-28)22(23,24)25/h2-10,17,26H,1H3. The van der Waals surface area contributed by atoms with E-state index in [4.69, 9.17) is 4.74 Å². The Morgan fingerprint density at radius 3 is 2.42 bits per heavy atom. The first-order valence-electron chi connectivity index (χ1n) is 9.35. The lowest BCUT2D eigenvalue weighted by Crippen LogP contribution is -2.25. The second-order valence-electron chi connectivity index (χ2n) is 7.19. The summed E-state index contributed by atoms with van der Waals surface area (Å²) in [6.07, 6.45) is -5.81. The monoisotopic (exact) mass is 425 g/mol. The molecule has 0 spiro atoms. The number of nitrogens with zero attached hydrogens (tertiary/aromatic N) is 2. The van der Waals surface area contributed by atoms with Crippen molar-refractivity contribution in [3.8, 4) is 11.1 Å². The number of aromatic amines is 1. The van der Waals surface area contributed by atoms with Crippen molar-refractivity contribution in [2.75, 3.05) is 0 Å². The maximum absolute atomic E-state index is 13.8. The smallest absolute Gasteiger partial charge is 0.435 e. The second-order valence-corrected chi connectivity index (χ2v) is 7.19. The summed E-state index contributed by atoms with van der Waals surface area (Å²) in [6, 6.07) is 14.5. The van der Waals surface area contributed by atoms with Crippen molar-refractivity contribution in [3.05, 3.63) is 93.0 Å². The Kier molecular flexibility index (Phi) is 4.04. The van der Waals surface area contributed by atoms with E-state index in [1.54, 1.807) is 49.4 Å². The summed E-state index contributed by atoms with van der Waals surface area (Å²) >= 11 is 0. The number of hydrogen-bond acceptors (Lipinski definition) is 4. The van der Waals surface area contributed by atoms with Crippen molar-refractivity contribution in [2.24, 2.45) is 0 Å². The normalized spacial score (nSPS) is 15.9. The van der Waals surface area contributed by atoms with Gasteiger partial charge in [-0.25, -0.2) is 4.79 Å². The highest BCUT2D eigenvalue weighted by Crippen LogP contribution is 2.39. The quantitative estimate of drug-likeness (QED) is 0.487. The molecule has 2 aromatic carbocycles. The Labute approximate surface area is 172 Å². The molecule has 0 amide bonds. The Balaban J connectivity index is 1.81. The van der Waals surface area contributed by atoms with Crippen LogP contribution in [0.15, 0.2) is 59.4 Å². The highest BCUT2D eigenvalue weighted by Gasteiger charge is 2.40. The van der Waals surface area contributed by atoms with E-state index in [0.717, 1.165) is 0 Å². The first-order chi connectivity index (χ1) is 14.8. The van der Waals surface area contributed by atoms with Gasteiger partial charge in [-0.2, -0.15) is 22.8 Å². The van der Waals surface area contributed by atoms with Crippen LogP contribution < -0.4 is 5.56 Å². The first-order valence-corrected chi connectivity index (χ1v) is 9.35. The highest BCUT2D eigenvalue weighted by atomic mass is 19.4. The van der Waals surface area contributed by atoms with Gasteiger partial charge in [0.2, 0.25) is 0 Å². The van der Waals surface area contributed by atoms with Gasteiger partial charge in [-0.15, -0.1) is 0 Å². The summed E-state index contributed by atoms with van der Waals surface area (Å²) in [4.78, 5) is 28.4. The van der Waals surface area contributed by atoms with E-state index in [2.05, 4.69) is 10.1 Å². The minimum Gasteiger partial charge on any atom is -0.449 e. The number of fused-ring (bicyclic) bond motifs is 2. The van der Waals surface area contributed by atoms with Crippen molar-refractivity contribution in [3.63, 3.8) is 0 Å². The predicted octanol–water partition coefficient (Wildman–Crippen LogP) is 4.28. The lowest BCUT2D eigenvalue weighted by atomic mass is 9.99.